The maximum Gasteiger partial charge on any atom is 0.260 e. The van der Waals surface area contributed by atoms with Gasteiger partial charge >= 0.3 is 0 Å². The average Bonchev–Trinajstić information content (AvgIpc) is 2.53. The molecule has 114 valence electrons. The third-order valence-electron chi connectivity index (χ3n) is 3.73. The van der Waals surface area contributed by atoms with Gasteiger partial charge in [0, 0.05) is 19.0 Å². The fourth-order valence-electron chi connectivity index (χ4n) is 2.50. The van der Waals surface area contributed by atoms with Crippen LogP contribution in [0, 0.1) is 11.7 Å². The number of hydrogen-bond donors (Lipinski definition) is 2. The van der Waals surface area contributed by atoms with Crippen LogP contribution in [0.1, 0.15) is 23.2 Å². The van der Waals surface area contributed by atoms with Gasteiger partial charge < -0.3 is 20.6 Å². The Kier molecular flexibility index (Phi) is 4.62. The molecule has 1 aromatic carbocycles. The van der Waals surface area contributed by atoms with Gasteiger partial charge in [-0.1, -0.05) is 11.2 Å². The molecule has 1 amide bonds. The maximum atomic E-state index is 13.9. The van der Waals surface area contributed by atoms with Crippen LogP contribution >= 0.6 is 0 Å². The molecule has 2 rings (SSSR count). The summed E-state index contributed by atoms with van der Waals surface area (Å²) in [5, 5.41) is 11.7. The Bertz CT molecular complexity index is 554. The number of nitrogens with two attached hydrogens (primary N) is 1. The van der Waals surface area contributed by atoms with Crippen molar-refractivity contribution in [2.45, 2.75) is 12.8 Å². The molecule has 6 nitrogen and oxygen atoms in total. The molecule has 0 aliphatic carbocycles. The van der Waals surface area contributed by atoms with Gasteiger partial charge in [-0.2, -0.15) is 0 Å². The number of likely N-dealkylation sites (tertiary alicyclic amines) is 1. The molecule has 0 spiro atoms. The molecule has 1 fully saturated rings. The first-order chi connectivity index (χ1) is 10.1. The van der Waals surface area contributed by atoms with Crippen molar-refractivity contribution >= 4 is 11.7 Å². The minimum Gasteiger partial charge on any atom is -0.496 e. The normalized spacial score (nSPS) is 16.9. The molecule has 3 N–H and O–H groups in total. The van der Waals surface area contributed by atoms with Crippen LogP contribution in [0.25, 0.3) is 0 Å². The maximum absolute atomic E-state index is 13.9. The van der Waals surface area contributed by atoms with E-state index in [-0.39, 0.29) is 23.1 Å². The number of amides is 1. The van der Waals surface area contributed by atoms with Gasteiger partial charge in [0.1, 0.15) is 23.0 Å². The number of nitrogens with zero attached hydrogens (tertiary/aromatic N) is 2. The van der Waals surface area contributed by atoms with E-state index in [1.54, 1.807) is 11.0 Å². The van der Waals surface area contributed by atoms with Crippen LogP contribution in [0.2, 0.25) is 0 Å². The molecule has 0 aromatic heterocycles. The van der Waals surface area contributed by atoms with E-state index >= 15 is 0 Å². The van der Waals surface area contributed by atoms with Gasteiger partial charge in [0.2, 0.25) is 0 Å². The van der Waals surface area contributed by atoms with Gasteiger partial charge in [-0.05, 0) is 25.0 Å². The van der Waals surface area contributed by atoms with Crippen LogP contribution in [0.5, 0.6) is 5.75 Å². The van der Waals surface area contributed by atoms with Crippen molar-refractivity contribution in [3.05, 3.63) is 29.6 Å². The first-order valence-corrected chi connectivity index (χ1v) is 6.67. The number of hydrogen-bond acceptors (Lipinski definition) is 4. The van der Waals surface area contributed by atoms with Crippen molar-refractivity contribution in [1.29, 1.82) is 0 Å². The highest BCUT2D eigenvalue weighted by Gasteiger charge is 2.28. The molecule has 7 heteroatoms. The molecule has 0 radical (unpaired) electrons. The predicted molar refractivity (Wildman–Crippen MR) is 75.0 cm³/mol. The number of halogens is 1. The molecule has 0 unspecified atom stereocenters. The summed E-state index contributed by atoms with van der Waals surface area (Å²) in [6.45, 7) is 0.856. The number of carbonyl (C=O) groups excluding carboxylic acids is 1. The van der Waals surface area contributed by atoms with Crippen LogP contribution in [0.15, 0.2) is 23.4 Å². The fraction of sp³-hybridized carbons (Fsp3) is 0.429. The van der Waals surface area contributed by atoms with Crippen molar-refractivity contribution < 1.29 is 19.1 Å². The van der Waals surface area contributed by atoms with Gasteiger partial charge in [0.25, 0.3) is 5.91 Å². The first-order valence-electron chi connectivity index (χ1n) is 6.67. The molecule has 1 aliphatic rings. The quantitative estimate of drug-likeness (QED) is 0.382. The summed E-state index contributed by atoms with van der Waals surface area (Å²) < 4.78 is 19.0. The zero-order valence-electron chi connectivity index (χ0n) is 11.8. The SMILES string of the molecule is COc1cccc(F)c1C(=O)N1CCC(C(N)=NO)CC1. The highest BCUT2D eigenvalue weighted by molar-refractivity contribution is 5.97. The molecule has 0 saturated carbocycles. The number of ether oxygens (including phenoxy) is 1. The summed E-state index contributed by atoms with van der Waals surface area (Å²) in [7, 11) is 1.40. The Morgan fingerprint density at radius 2 is 2.14 bits per heavy atom. The highest BCUT2D eigenvalue weighted by Crippen LogP contribution is 2.25. The predicted octanol–water partition coefficient (Wildman–Crippen LogP) is 1.43. The van der Waals surface area contributed by atoms with E-state index in [1.165, 1.54) is 19.2 Å². The molecule has 0 bridgehead atoms. The van der Waals surface area contributed by atoms with Crippen LogP contribution < -0.4 is 10.5 Å². The summed E-state index contributed by atoms with van der Waals surface area (Å²) in [5.74, 6) is -0.661. The number of piperidine rings is 1. The van der Waals surface area contributed by atoms with Gasteiger partial charge in [-0.15, -0.1) is 0 Å². The standard InChI is InChI=1S/C14H18FN3O3/c1-21-11-4-2-3-10(15)12(11)14(19)18-7-5-9(6-8-18)13(16)17-20/h2-4,9,20H,5-8H2,1H3,(H2,16,17). The third kappa shape index (κ3) is 3.07. The molecule has 1 aliphatic heterocycles. The Hall–Kier alpha value is -2.31. The molecule has 1 heterocycles. The minimum absolute atomic E-state index is 0.0535. The second kappa shape index (κ2) is 6.43. The number of amidine groups is 1. The summed E-state index contributed by atoms with van der Waals surface area (Å²) in [6, 6.07) is 4.29. The second-order valence-electron chi connectivity index (χ2n) is 4.91. The fourth-order valence-corrected chi connectivity index (χ4v) is 2.50. The third-order valence-corrected chi connectivity index (χ3v) is 3.73. The summed E-state index contributed by atoms with van der Waals surface area (Å²) in [6.07, 6.45) is 1.16. The minimum atomic E-state index is -0.599. The highest BCUT2D eigenvalue weighted by atomic mass is 19.1. The topological polar surface area (TPSA) is 88.2 Å². The Balaban J connectivity index is 2.13. The van der Waals surface area contributed by atoms with Crippen molar-refractivity contribution in [1.82, 2.24) is 4.90 Å². The average molecular weight is 295 g/mol. The van der Waals surface area contributed by atoms with E-state index in [9.17, 15) is 9.18 Å². The lowest BCUT2D eigenvalue weighted by Crippen LogP contribution is -2.42. The van der Waals surface area contributed by atoms with Crippen molar-refractivity contribution in [2.24, 2.45) is 16.8 Å². The molecule has 21 heavy (non-hydrogen) atoms. The molecular formula is C14H18FN3O3. The van der Waals surface area contributed by atoms with Gasteiger partial charge in [-0.3, -0.25) is 4.79 Å². The number of rotatable bonds is 3. The summed E-state index contributed by atoms with van der Waals surface area (Å²) >= 11 is 0. The van der Waals surface area contributed by atoms with Crippen LogP contribution in [0.4, 0.5) is 4.39 Å². The van der Waals surface area contributed by atoms with Crippen LogP contribution in [-0.4, -0.2) is 42.0 Å². The van der Waals surface area contributed by atoms with Crippen molar-refractivity contribution in [2.75, 3.05) is 20.2 Å². The number of oxime groups is 1. The zero-order chi connectivity index (χ0) is 15.4. The van der Waals surface area contributed by atoms with E-state index < -0.39 is 11.7 Å². The Morgan fingerprint density at radius 1 is 1.48 bits per heavy atom. The molecule has 1 saturated heterocycles. The molecule has 1 aromatic rings. The largest absolute Gasteiger partial charge is 0.496 e. The summed E-state index contributed by atoms with van der Waals surface area (Å²) in [4.78, 5) is 14.0. The van der Waals surface area contributed by atoms with Crippen molar-refractivity contribution in [3.63, 3.8) is 0 Å². The first kappa shape index (κ1) is 15.1. The van der Waals surface area contributed by atoms with Gasteiger partial charge in [-0.25, -0.2) is 4.39 Å². The number of carbonyl (C=O) groups is 1. The Labute approximate surface area is 122 Å². The van der Waals surface area contributed by atoms with Gasteiger partial charge in [0.15, 0.2) is 0 Å². The van der Waals surface area contributed by atoms with Crippen LogP contribution in [-0.2, 0) is 0 Å². The smallest absolute Gasteiger partial charge is 0.260 e. The molecular weight excluding hydrogens is 277 g/mol. The lowest BCUT2D eigenvalue weighted by atomic mass is 9.95. The number of methoxy groups -OCH3 is 1. The van der Waals surface area contributed by atoms with E-state index in [4.69, 9.17) is 15.7 Å². The zero-order valence-corrected chi connectivity index (χ0v) is 11.8. The lowest BCUT2D eigenvalue weighted by Gasteiger charge is -2.31. The van der Waals surface area contributed by atoms with E-state index in [2.05, 4.69) is 5.16 Å². The lowest BCUT2D eigenvalue weighted by molar-refractivity contribution is 0.0700. The van der Waals surface area contributed by atoms with Crippen molar-refractivity contribution in [3.8, 4) is 5.75 Å². The number of benzene rings is 1. The van der Waals surface area contributed by atoms with E-state index in [1.807, 2.05) is 0 Å². The summed E-state index contributed by atoms with van der Waals surface area (Å²) in [5.41, 5.74) is 5.51. The van der Waals surface area contributed by atoms with E-state index in [0.29, 0.717) is 25.9 Å². The Morgan fingerprint density at radius 3 is 2.71 bits per heavy atom. The monoisotopic (exact) mass is 295 g/mol. The van der Waals surface area contributed by atoms with E-state index in [0.717, 1.165) is 0 Å². The second-order valence-corrected chi connectivity index (χ2v) is 4.91. The van der Waals surface area contributed by atoms with Crippen LogP contribution in [0.3, 0.4) is 0 Å². The van der Waals surface area contributed by atoms with Gasteiger partial charge in [0.05, 0.1) is 7.11 Å². The molecule has 0 atom stereocenters.